The SMILES string of the molecule is Cc1ccc(C)c2c1OCCC2(CN)N1CCCCCC1. The van der Waals surface area contributed by atoms with Crippen LogP contribution in [0.25, 0.3) is 0 Å². The highest BCUT2D eigenvalue weighted by atomic mass is 16.5. The smallest absolute Gasteiger partial charge is 0.127 e. The van der Waals surface area contributed by atoms with Crippen molar-refractivity contribution in [3.05, 3.63) is 28.8 Å². The number of aryl methyl sites for hydroxylation is 2. The molecule has 1 saturated heterocycles. The van der Waals surface area contributed by atoms with Crippen LogP contribution in [0.4, 0.5) is 0 Å². The van der Waals surface area contributed by atoms with Gasteiger partial charge in [0.1, 0.15) is 5.75 Å². The van der Waals surface area contributed by atoms with Gasteiger partial charge in [-0.05, 0) is 50.9 Å². The van der Waals surface area contributed by atoms with Gasteiger partial charge in [0.05, 0.1) is 12.1 Å². The van der Waals surface area contributed by atoms with Crippen LogP contribution in [-0.2, 0) is 5.54 Å². The molecule has 1 unspecified atom stereocenters. The normalized spacial score (nSPS) is 26.8. The third-order valence-corrected chi connectivity index (χ3v) is 5.34. The number of nitrogens with zero attached hydrogens (tertiary/aromatic N) is 1. The van der Waals surface area contributed by atoms with E-state index in [9.17, 15) is 0 Å². The third kappa shape index (κ3) is 2.47. The van der Waals surface area contributed by atoms with E-state index in [0.29, 0.717) is 6.54 Å². The standard InChI is InChI=1S/C18H28N2O/c1-14-7-8-15(2)17-16(14)18(13-19,9-12-21-17)20-10-5-3-4-6-11-20/h7-8H,3-6,9-13,19H2,1-2H3. The van der Waals surface area contributed by atoms with Gasteiger partial charge in [-0.1, -0.05) is 25.0 Å². The maximum absolute atomic E-state index is 6.36. The number of rotatable bonds is 2. The Kier molecular flexibility index (Phi) is 4.23. The average Bonchev–Trinajstić information content (AvgIpc) is 2.80. The molecule has 2 N–H and O–H groups in total. The van der Waals surface area contributed by atoms with Gasteiger partial charge in [-0.25, -0.2) is 0 Å². The molecule has 3 rings (SSSR count). The summed E-state index contributed by atoms with van der Waals surface area (Å²) in [7, 11) is 0. The first-order chi connectivity index (χ1) is 10.2. The van der Waals surface area contributed by atoms with E-state index in [0.717, 1.165) is 18.8 Å². The molecule has 1 aromatic carbocycles. The second-order valence-corrected chi connectivity index (χ2v) is 6.64. The van der Waals surface area contributed by atoms with Crippen molar-refractivity contribution in [1.29, 1.82) is 0 Å². The number of benzene rings is 1. The Bertz CT molecular complexity index is 506. The first-order valence-electron chi connectivity index (χ1n) is 8.37. The molecule has 2 aliphatic heterocycles. The van der Waals surface area contributed by atoms with Crippen LogP contribution in [0.2, 0.25) is 0 Å². The van der Waals surface area contributed by atoms with Crippen molar-refractivity contribution in [2.24, 2.45) is 5.73 Å². The number of nitrogens with two attached hydrogens (primary N) is 1. The lowest BCUT2D eigenvalue weighted by Gasteiger charge is -2.47. The van der Waals surface area contributed by atoms with Crippen molar-refractivity contribution in [1.82, 2.24) is 4.90 Å². The van der Waals surface area contributed by atoms with Gasteiger partial charge < -0.3 is 10.5 Å². The molecule has 2 aliphatic rings. The highest BCUT2D eigenvalue weighted by molar-refractivity contribution is 5.51. The summed E-state index contributed by atoms with van der Waals surface area (Å²) in [6.45, 7) is 8.16. The lowest BCUT2D eigenvalue weighted by Crippen LogP contribution is -2.54. The van der Waals surface area contributed by atoms with Crippen LogP contribution in [0, 0.1) is 13.8 Å². The molecule has 0 radical (unpaired) electrons. The van der Waals surface area contributed by atoms with Crippen molar-refractivity contribution in [3.8, 4) is 5.75 Å². The van der Waals surface area contributed by atoms with Crippen LogP contribution in [0.3, 0.4) is 0 Å². The van der Waals surface area contributed by atoms with Crippen LogP contribution in [0.15, 0.2) is 12.1 Å². The molecule has 0 bridgehead atoms. The summed E-state index contributed by atoms with van der Waals surface area (Å²) in [5.74, 6) is 1.09. The summed E-state index contributed by atoms with van der Waals surface area (Å²) in [5.41, 5.74) is 10.3. The second kappa shape index (κ2) is 5.98. The number of likely N-dealkylation sites (tertiary alicyclic amines) is 1. The fourth-order valence-electron chi connectivity index (χ4n) is 4.14. The van der Waals surface area contributed by atoms with Crippen LogP contribution in [0.1, 0.15) is 48.8 Å². The summed E-state index contributed by atoms with van der Waals surface area (Å²) >= 11 is 0. The van der Waals surface area contributed by atoms with Crippen molar-refractivity contribution in [3.63, 3.8) is 0 Å². The fourth-order valence-corrected chi connectivity index (χ4v) is 4.14. The lowest BCUT2D eigenvalue weighted by atomic mass is 9.79. The molecule has 1 atom stereocenters. The zero-order chi connectivity index (χ0) is 14.9. The highest BCUT2D eigenvalue weighted by Gasteiger charge is 2.43. The van der Waals surface area contributed by atoms with E-state index in [4.69, 9.17) is 10.5 Å². The van der Waals surface area contributed by atoms with Gasteiger partial charge in [0, 0.05) is 18.5 Å². The molecule has 3 nitrogen and oxygen atoms in total. The molecular weight excluding hydrogens is 260 g/mol. The van der Waals surface area contributed by atoms with Crippen LogP contribution < -0.4 is 10.5 Å². The molecule has 1 aromatic rings. The molecule has 0 aliphatic carbocycles. The largest absolute Gasteiger partial charge is 0.493 e. The van der Waals surface area contributed by atoms with Gasteiger partial charge in [-0.15, -0.1) is 0 Å². The number of hydrogen-bond donors (Lipinski definition) is 1. The minimum Gasteiger partial charge on any atom is -0.493 e. The average molecular weight is 288 g/mol. The van der Waals surface area contributed by atoms with Crippen molar-refractivity contribution in [2.75, 3.05) is 26.2 Å². The highest BCUT2D eigenvalue weighted by Crippen LogP contribution is 2.45. The van der Waals surface area contributed by atoms with E-state index < -0.39 is 0 Å². The Labute approximate surface area is 128 Å². The molecule has 0 aromatic heterocycles. The van der Waals surface area contributed by atoms with Gasteiger partial charge in [-0.3, -0.25) is 4.90 Å². The van der Waals surface area contributed by atoms with E-state index in [1.807, 2.05) is 0 Å². The second-order valence-electron chi connectivity index (χ2n) is 6.64. The molecule has 3 heteroatoms. The van der Waals surface area contributed by atoms with E-state index in [2.05, 4.69) is 30.9 Å². The van der Waals surface area contributed by atoms with Crippen LogP contribution in [-0.4, -0.2) is 31.1 Å². The lowest BCUT2D eigenvalue weighted by molar-refractivity contribution is 0.0503. The Hall–Kier alpha value is -1.06. The van der Waals surface area contributed by atoms with Crippen LogP contribution >= 0.6 is 0 Å². The molecule has 0 saturated carbocycles. The quantitative estimate of drug-likeness (QED) is 0.908. The Balaban J connectivity index is 2.09. The van der Waals surface area contributed by atoms with Gasteiger partial charge >= 0.3 is 0 Å². The summed E-state index contributed by atoms with van der Waals surface area (Å²) < 4.78 is 6.03. The zero-order valence-electron chi connectivity index (χ0n) is 13.5. The monoisotopic (exact) mass is 288 g/mol. The first-order valence-corrected chi connectivity index (χ1v) is 8.37. The first kappa shape index (κ1) is 14.9. The topological polar surface area (TPSA) is 38.5 Å². The Morgan fingerprint density at radius 3 is 2.43 bits per heavy atom. The molecular formula is C18H28N2O. The van der Waals surface area contributed by atoms with E-state index >= 15 is 0 Å². The van der Waals surface area contributed by atoms with Gasteiger partial charge in [0.2, 0.25) is 0 Å². The summed E-state index contributed by atoms with van der Waals surface area (Å²) in [5, 5.41) is 0. The minimum absolute atomic E-state index is 0.0198. The van der Waals surface area contributed by atoms with Crippen LogP contribution in [0.5, 0.6) is 5.75 Å². The van der Waals surface area contributed by atoms with Gasteiger partial charge in [0.15, 0.2) is 0 Å². The van der Waals surface area contributed by atoms with E-state index in [-0.39, 0.29) is 5.54 Å². The van der Waals surface area contributed by atoms with E-state index in [1.54, 1.807) is 0 Å². The Morgan fingerprint density at radius 2 is 1.76 bits per heavy atom. The summed E-state index contributed by atoms with van der Waals surface area (Å²) in [4.78, 5) is 2.66. The van der Waals surface area contributed by atoms with Gasteiger partial charge in [-0.2, -0.15) is 0 Å². The van der Waals surface area contributed by atoms with Crippen molar-refractivity contribution < 1.29 is 4.74 Å². The molecule has 1 fully saturated rings. The predicted octanol–water partition coefficient (Wildman–Crippen LogP) is 3.12. The van der Waals surface area contributed by atoms with Gasteiger partial charge in [0.25, 0.3) is 0 Å². The molecule has 0 amide bonds. The Morgan fingerprint density at radius 1 is 1.10 bits per heavy atom. The molecule has 0 spiro atoms. The van der Waals surface area contributed by atoms with Crippen molar-refractivity contribution >= 4 is 0 Å². The fraction of sp³-hybridized carbons (Fsp3) is 0.667. The third-order valence-electron chi connectivity index (χ3n) is 5.34. The maximum atomic E-state index is 6.36. The summed E-state index contributed by atoms with van der Waals surface area (Å²) in [6.07, 6.45) is 6.31. The molecule has 2 heterocycles. The maximum Gasteiger partial charge on any atom is 0.127 e. The number of fused-ring (bicyclic) bond motifs is 1. The van der Waals surface area contributed by atoms with Crippen molar-refractivity contribution in [2.45, 2.75) is 51.5 Å². The van der Waals surface area contributed by atoms with E-state index in [1.165, 1.54) is 55.5 Å². The molecule has 116 valence electrons. The predicted molar refractivity (Wildman–Crippen MR) is 86.8 cm³/mol. The zero-order valence-corrected chi connectivity index (χ0v) is 13.5. The number of hydrogen-bond acceptors (Lipinski definition) is 3. The minimum atomic E-state index is -0.0198. The molecule has 21 heavy (non-hydrogen) atoms. The summed E-state index contributed by atoms with van der Waals surface area (Å²) in [6, 6.07) is 4.40. The number of ether oxygens (including phenoxy) is 1.